The van der Waals surface area contributed by atoms with Crippen molar-refractivity contribution in [3.63, 3.8) is 0 Å². The van der Waals surface area contributed by atoms with E-state index < -0.39 is 0 Å². The van der Waals surface area contributed by atoms with Gasteiger partial charge in [0.05, 0.1) is 6.61 Å². The fourth-order valence-corrected chi connectivity index (χ4v) is 3.44. The lowest BCUT2D eigenvalue weighted by Gasteiger charge is -2.09. The highest BCUT2D eigenvalue weighted by Gasteiger charge is 2.07. The van der Waals surface area contributed by atoms with Gasteiger partial charge in [-0.2, -0.15) is 0 Å². The molecule has 4 heteroatoms. The van der Waals surface area contributed by atoms with Crippen LogP contribution in [0.4, 0.5) is 5.69 Å². The summed E-state index contributed by atoms with van der Waals surface area (Å²) in [5.41, 5.74) is 3.82. The van der Waals surface area contributed by atoms with Gasteiger partial charge in [0, 0.05) is 28.0 Å². The van der Waals surface area contributed by atoms with Crippen LogP contribution in [-0.4, -0.2) is 12.5 Å². The highest BCUT2D eigenvalue weighted by Crippen LogP contribution is 2.23. The molecule has 0 aliphatic rings. The third kappa shape index (κ3) is 5.63. The molecule has 27 heavy (non-hydrogen) atoms. The first-order valence-electron chi connectivity index (χ1n) is 8.96. The lowest BCUT2D eigenvalue weighted by atomic mass is 10.1. The maximum atomic E-state index is 12.4. The minimum atomic E-state index is -0.124. The summed E-state index contributed by atoms with van der Waals surface area (Å²) in [5.74, 6) is 1.50. The molecule has 3 nitrogen and oxygen atoms in total. The van der Waals surface area contributed by atoms with Crippen molar-refractivity contribution < 1.29 is 9.53 Å². The minimum Gasteiger partial charge on any atom is -0.494 e. The highest BCUT2D eigenvalue weighted by atomic mass is 32.2. The monoisotopic (exact) mass is 377 g/mol. The third-order valence-corrected chi connectivity index (χ3v) is 5.13. The predicted octanol–water partition coefficient (Wildman–Crippen LogP) is 5.94. The molecule has 0 aliphatic heterocycles. The van der Waals surface area contributed by atoms with Crippen LogP contribution in [0.2, 0.25) is 0 Å². The summed E-state index contributed by atoms with van der Waals surface area (Å²) in [6, 6.07) is 23.7. The van der Waals surface area contributed by atoms with Crippen LogP contribution < -0.4 is 10.1 Å². The Bertz CT molecular complexity index is 889. The van der Waals surface area contributed by atoms with E-state index in [1.54, 1.807) is 11.8 Å². The molecule has 0 fully saturated rings. The first-order valence-corrected chi connectivity index (χ1v) is 9.95. The van der Waals surface area contributed by atoms with Crippen molar-refractivity contribution in [3.05, 3.63) is 89.5 Å². The van der Waals surface area contributed by atoms with E-state index in [4.69, 9.17) is 4.74 Å². The molecule has 0 unspecified atom stereocenters. The van der Waals surface area contributed by atoms with Gasteiger partial charge in [-0.1, -0.05) is 35.9 Å². The topological polar surface area (TPSA) is 38.3 Å². The molecule has 0 saturated heterocycles. The smallest absolute Gasteiger partial charge is 0.255 e. The summed E-state index contributed by atoms with van der Waals surface area (Å²) in [6.45, 7) is 4.62. The summed E-state index contributed by atoms with van der Waals surface area (Å²) in [6.07, 6.45) is 0. The van der Waals surface area contributed by atoms with Gasteiger partial charge >= 0.3 is 0 Å². The second kappa shape index (κ2) is 9.28. The molecule has 3 aromatic carbocycles. The number of amides is 1. The Labute approximate surface area is 164 Å². The van der Waals surface area contributed by atoms with E-state index in [1.165, 1.54) is 16.0 Å². The highest BCUT2D eigenvalue weighted by molar-refractivity contribution is 7.98. The molecule has 0 aliphatic carbocycles. The van der Waals surface area contributed by atoms with Gasteiger partial charge in [0.25, 0.3) is 5.91 Å². The van der Waals surface area contributed by atoms with Crippen LogP contribution in [0.5, 0.6) is 5.75 Å². The van der Waals surface area contributed by atoms with E-state index in [9.17, 15) is 4.79 Å². The Morgan fingerprint density at radius 2 is 1.74 bits per heavy atom. The molecule has 0 atom stereocenters. The zero-order valence-corrected chi connectivity index (χ0v) is 16.4. The van der Waals surface area contributed by atoms with Crippen LogP contribution in [0.3, 0.4) is 0 Å². The molecule has 1 amide bonds. The number of hydrogen-bond donors (Lipinski definition) is 1. The van der Waals surface area contributed by atoms with E-state index in [0.717, 1.165) is 17.2 Å². The van der Waals surface area contributed by atoms with E-state index >= 15 is 0 Å². The van der Waals surface area contributed by atoms with E-state index in [-0.39, 0.29) is 5.91 Å². The Kier molecular flexibility index (Phi) is 6.55. The number of hydrogen-bond acceptors (Lipinski definition) is 3. The molecule has 0 bridgehead atoms. The lowest BCUT2D eigenvalue weighted by Crippen LogP contribution is -2.11. The maximum Gasteiger partial charge on any atom is 0.255 e. The van der Waals surface area contributed by atoms with Gasteiger partial charge in [-0.25, -0.2) is 0 Å². The van der Waals surface area contributed by atoms with Gasteiger partial charge < -0.3 is 10.1 Å². The number of carbonyl (C=O) groups excluding carboxylic acids is 1. The first kappa shape index (κ1) is 19.1. The normalized spacial score (nSPS) is 10.4. The van der Waals surface area contributed by atoms with Crippen LogP contribution in [-0.2, 0) is 5.75 Å². The van der Waals surface area contributed by atoms with E-state index in [0.29, 0.717) is 12.2 Å². The Morgan fingerprint density at radius 1 is 1.00 bits per heavy atom. The zero-order chi connectivity index (χ0) is 19.1. The minimum absolute atomic E-state index is 0.124. The number of carbonyl (C=O) groups is 1. The second-order valence-corrected chi connectivity index (χ2v) is 7.26. The summed E-state index contributed by atoms with van der Waals surface area (Å²) in [4.78, 5) is 13.7. The molecule has 0 saturated carbocycles. The summed E-state index contributed by atoms with van der Waals surface area (Å²) in [5, 5.41) is 2.92. The molecule has 0 radical (unpaired) electrons. The number of benzene rings is 3. The molecule has 1 N–H and O–H groups in total. The average Bonchev–Trinajstić information content (AvgIpc) is 2.68. The second-order valence-electron chi connectivity index (χ2n) is 6.21. The van der Waals surface area contributed by atoms with Crippen molar-refractivity contribution in [2.24, 2.45) is 0 Å². The number of thioether (sulfide) groups is 1. The van der Waals surface area contributed by atoms with Crippen molar-refractivity contribution in [2.75, 3.05) is 11.9 Å². The van der Waals surface area contributed by atoms with Crippen LogP contribution >= 0.6 is 11.8 Å². The Hall–Kier alpha value is -2.72. The van der Waals surface area contributed by atoms with Crippen molar-refractivity contribution >= 4 is 23.4 Å². The molecular weight excluding hydrogens is 354 g/mol. The average molecular weight is 378 g/mol. The Morgan fingerprint density at radius 3 is 2.44 bits per heavy atom. The number of anilines is 1. The van der Waals surface area contributed by atoms with Crippen molar-refractivity contribution in [3.8, 4) is 5.75 Å². The fraction of sp³-hybridized carbons (Fsp3) is 0.174. The predicted molar refractivity (Wildman–Crippen MR) is 113 cm³/mol. The van der Waals surface area contributed by atoms with Crippen LogP contribution in [0.15, 0.2) is 77.7 Å². The maximum absolute atomic E-state index is 12.4. The van der Waals surface area contributed by atoms with Gasteiger partial charge in [-0.05, 0) is 55.8 Å². The molecule has 0 aromatic heterocycles. The van der Waals surface area contributed by atoms with Gasteiger partial charge in [-0.3, -0.25) is 4.79 Å². The van der Waals surface area contributed by atoms with Gasteiger partial charge in [0.2, 0.25) is 0 Å². The summed E-state index contributed by atoms with van der Waals surface area (Å²) >= 11 is 1.79. The quantitative estimate of drug-likeness (QED) is 0.518. The van der Waals surface area contributed by atoms with Crippen molar-refractivity contribution in [2.45, 2.75) is 24.5 Å². The van der Waals surface area contributed by atoms with Gasteiger partial charge in [-0.15, -0.1) is 11.8 Å². The van der Waals surface area contributed by atoms with Crippen LogP contribution in [0.1, 0.15) is 28.4 Å². The molecular formula is C23H23NO2S. The zero-order valence-electron chi connectivity index (χ0n) is 15.6. The summed E-state index contributed by atoms with van der Waals surface area (Å²) < 4.78 is 5.47. The molecule has 0 heterocycles. The van der Waals surface area contributed by atoms with E-state index in [1.807, 2.05) is 55.5 Å². The molecule has 3 aromatic rings. The van der Waals surface area contributed by atoms with E-state index in [2.05, 4.69) is 36.5 Å². The summed E-state index contributed by atoms with van der Waals surface area (Å²) in [7, 11) is 0. The van der Waals surface area contributed by atoms with Crippen LogP contribution in [0.25, 0.3) is 0 Å². The largest absolute Gasteiger partial charge is 0.494 e. The number of aryl methyl sites for hydroxylation is 1. The fourth-order valence-electron chi connectivity index (χ4n) is 2.59. The van der Waals surface area contributed by atoms with Crippen LogP contribution in [0, 0.1) is 6.92 Å². The first-order chi connectivity index (χ1) is 13.1. The van der Waals surface area contributed by atoms with Gasteiger partial charge in [0.15, 0.2) is 0 Å². The van der Waals surface area contributed by atoms with Gasteiger partial charge in [0.1, 0.15) is 5.75 Å². The molecule has 0 spiro atoms. The molecule has 138 valence electrons. The third-order valence-electron chi connectivity index (χ3n) is 4.05. The van der Waals surface area contributed by atoms with Crippen molar-refractivity contribution in [1.82, 2.24) is 0 Å². The molecule has 3 rings (SSSR count). The standard InChI is InChI=1S/C23H23NO2S/c1-3-26-21-6-4-5-20(15-21)24-23(25)19-11-9-18(10-12-19)16-27-22-13-7-17(2)8-14-22/h4-15H,3,16H2,1-2H3,(H,24,25). The van der Waals surface area contributed by atoms with Crippen molar-refractivity contribution in [1.29, 1.82) is 0 Å². The number of rotatable bonds is 7. The SMILES string of the molecule is CCOc1cccc(NC(=O)c2ccc(CSc3ccc(C)cc3)cc2)c1. The lowest BCUT2D eigenvalue weighted by molar-refractivity contribution is 0.102. The number of ether oxygens (including phenoxy) is 1. The Balaban J connectivity index is 1.58. The number of nitrogens with one attached hydrogen (secondary N) is 1.